The number of hydrogen-bond acceptors (Lipinski definition) is 3. The first kappa shape index (κ1) is 17.2. The molecule has 6 heteroatoms. The van der Waals surface area contributed by atoms with Crippen molar-refractivity contribution in [2.24, 2.45) is 17.4 Å². The number of primary amides is 1. The van der Waals surface area contributed by atoms with Crippen molar-refractivity contribution in [3.8, 4) is 0 Å². The molecule has 2 fully saturated rings. The molecule has 2 rings (SSSR count). The molecule has 0 radical (unpaired) electrons. The van der Waals surface area contributed by atoms with E-state index in [4.69, 9.17) is 11.5 Å². The summed E-state index contributed by atoms with van der Waals surface area (Å²) in [5.41, 5.74) is 10.6. The molecule has 0 saturated heterocycles. The van der Waals surface area contributed by atoms with Gasteiger partial charge in [-0.25, -0.2) is 0 Å². The van der Waals surface area contributed by atoms with Gasteiger partial charge in [-0.15, -0.1) is 12.4 Å². The summed E-state index contributed by atoms with van der Waals surface area (Å²) in [7, 11) is 0. The minimum Gasteiger partial charge on any atom is -0.368 e. The highest BCUT2D eigenvalue weighted by molar-refractivity contribution is 5.91. The van der Waals surface area contributed by atoms with Crippen molar-refractivity contribution in [3.05, 3.63) is 0 Å². The number of nitrogens with two attached hydrogens (primary N) is 2. The third kappa shape index (κ3) is 3.85. The lowest BCUT2D eigenvalue weighted by molar-refractivity contribution is -0.135. The van der Waals surface area contributed by atoms with E-state index in [1.807, 2.05) is 0 Å². The molecule has 2 aliphatic rings. The maximum Gasteiger partial charge on any atom is 0.243 e. The summed E-state index contributed by atoms with van der Waals surface area (Å²) < 4.78 is 0. The highest BCUT2D eigenvalue weighted by atomic mass is 35.5. The number of rotatable bonds is 3. The Hall–Kier alpha value is -0.810. The van der Waals surface area contributed by atoms with Crippen LogP contribution in [-0.4, -0.2) is 23.4 Å². The van der Waals surface area contributed by atoms with Gasteiger partial charge < -0.3 is 16.8 Å². The fourth-order valence-electron chi connectivity index (χ4n) is 3.39. The molecular formula is C14H26ClN3O2. The minimum absolute atomic E-state index is 0. The zero-order valence-electron chi connectivity index (χ0n) is 11.9. The van der Waals surface area contributed by atoms with Crippen LogP contribution in [0.15, 0.2) is 0 Å². The van der Waals surface area contributed by atoms with Crippen molar-refractivity contribution in [1.29, 1.82) is 0 Å². The van der Waals surface area contributed by atoms with Crippen LogP contribution in [-0.2, 0) is 9.59 Å². The van der Waals surface area contributed by atoms with E-state index < -0.39 is 5.54 Å². The van der Waals surface area contributed by atoms with Crippen molar-refractivity contribution in [3.63, 3.8) is 0 Å². The van der Waals surface area contributed by atoms with Gasteiger partial charge in [-0.2, -0.15) is 0 Å². The average Bonchev–Trinajstić information content (AvgIpc) is 2.39. The second-order valence-electron chi connectivity index (χ2n) is 6.12. The van der Waals surface area contributed by atoms with Crippen LogP contribution in [0.1, 0.15) is 57.8 Å². The summed E-state index contributed by atoms with van der Waals surface area (Å²) in [6, 6.07) is 0.111. The molecule has 5 N–H and O–H groups in total. The molecule has 2 amide bonds. The number of amides is 2. The van der Waals surface area contributed by atoms with Gasteiger partial charge in [-0.3, -0.25) is 9.59 Å². The molecule has 0 aromatic rings. The van der Waals surface area contributed by atoms with Gasteiger partial charge in [-0.1, -0.05) is 25.7 Å². The summed E-state index contributed by atoms with van der Waals surface area (Å²) >= 11 is 0. The smallest absolute Gasteiger partial charge is 0.243 e. The van der Waals surface area contributed by atoms with Crippen LogP contribution in [0.3, 0.4) is 0 Å². The van der Waals surface area contributed by atoms with E-state index in [0.717, 1.165) is 44.9 Å². The first-order valence-electron chi connectivity index (χ1n) is 7.41. The van der Waals surface area contributed by atoms with Crippen molar-refractivity contribution in [2.45, 2.75) is 69.4 Å². The summed E-state index contributed by atoms with van der Waals surface area (Å²) in [5, 5.41) is 2.95. The van der Waals surface area contributed by atoms with Gasteiger partial charge in [0.1, 0.15) is 5.54 Å². The van der Waals surface area contributed by atoms with E-state index in [1.165, 1.54) is 0 Å². The zero-order chi connectivity index (χ0) is 13.9. The molecule has 5 nitrogen and oxygen atoms in total. The molecule has 0 aromatic heterocycles. The minimum atomic E-state index is -0.809. The number of nitrogens with one attached hydrogen (secondary N) is 1. The van der Waals surface area contributed by atoms with Crippen molar-refractivity contribution in [1.82, 2.24) is 5.32 Å². The number of halogens is 1. The standard InChI is InChI=1S/C14H25N3O2.ClH/c15-11-6-4-5-10(9-11)12(18)17-14(13(16)19)7-2-1-3-8-14;/h10-11H,1-9,15H2,(H2,16,19)(H,17,18);1H. The first-order valence-corrected chi connectivity index (χ1v) is 7.41. The molecular weight excluding hydrogens is 278 g/mol. The Bertz CT molecular complexity index is 356. The molecule has 0 aliphatic heterocycles. The summed E-state index contributed by atoms with van der Waals surface area (Å²) in [6.45, 7) is 0. The quantitative estimate of drug-likeness (QED) is 0.731. The number of carbonyl (C=O) groups is 2. The van der Waals surface area contributed by atoms with Crippen molar-refractivity contribution in [2.75, 3.05) is 0 Å². The van der Waals surface area contributed by atoms with E-state index in [1.54, 1.807) is 0 Å². The number of carbonyl (C=O) groups excluding carboxylic acids is 2. The second kappa shape index (κ2) is 7.27. The van der Waals surface area contributed by atoms with Gasteiger partial charge in [0.2, 0.25) is 11.8 Å². The van der Waals surface area contributed by atoms with Crippen molar-refractivity contribution < 1.29 is 9.59 Å². The van der Waals surface area contributed by atoms with E-state index in [0.29, 0.717) is 12.8 Å². The van der Waals surface area contributed by atoms with Crippen LogP contribution in [0.2, 0.25) is 0 Å². The molecule has 0 bridgehead atoms. The Labute approximate surface area is 126 Å². The Morgan fingerprint density at radius 3 is 2.25 bits per heavy atom. The Morgan fingerprint density at radius 2 is 1.70 bits per heavy atom. The van der Waals surface area contributed by atoms with E-state index >= 15 is 0 Å². The highest BCUT2D eigenvalue weighted by Crippen LogP contribution is 2.30. The van der Waals surface area contributed by atoms with Crippen LogP contribution in [0.5, 0.6) is 0 Å². The van der Waals surface area contributed by atoms with Crippen LogP contribution in [0.4, 0.5) is 0 Å². The number of hydrogen-bond donors (Lipinski definition) is 3. The maximum atomic E-state index is 12.3. The molecule has 2 saturated carbocycles. The zero-order valence-corrected chi connectivity index (χ0v) is 12.7. The summed E-state index contributed by atoms with van der Waals surface area (Å²) in [6.07, 6.45) is 7.93. The molecule has 116 valence electrons. The normalized spacial score (nSPS) is 29.1. The van der Waals surface area contributed by atoms with Crippen LogP contribution < -0.4 is 16.8 Å². The van der Waals surface area contributed by atoms with Gasteiger partial charge in [0, 0.05) is 12.0 Å². The molecule has 2 atom stereocenters. The molecule has 0 heterocycles. The Balaban J connectivity index is 0.00000200. The summed E-state index contributed by atoms with van der Waals surface area (Å²) in [5.74, 6) is -0.474. The lowest BCUT2D eigenvalue weighted by atomic mass is 9.79. The topological polar surface area (TPSA) is 98.2 Å². The lowest BCUT2D eigenvalue weighted by Gasteiger charge is -2.37. The molecule has 20 heavy (non-hydrogen) atoms. The Morgan fingerprint density at radius 1 is 1.05 bits per heavy atom. The fourth-order valence-corrected chi connectivity index (χ4v) is 3.39. The summed E-state index contributed by atoms with van der Waals surface area (Å²) in [4.78, 5) is 24.1. The highest BCUT2D eigenvalue weighted by Gasteiger charge is 2.40. The van der Waals surface area contributed by atoms with Gasteiger partial charge in [0.15, 0.2) is 0 Å². The first-order chi connectivity index (χ1) is 9.03. The molecule has 0 aromatic carbocycles. The van der Waals surface area contributed by atoms with Crippen molar-refractivity contribution >= 4 is 24.2 Å². The monoisotopic (exact) mass is 303 g/mol. The SMILES string of the molecule is Cl.NC(=O)C1(NC(=O)C2CCCC(N)C2)CCCCC1. The average molecular weight is 304 g/mol. The van der Waals surface area contributed by atoms with Crippen LogP contribution >= 0.6 is 12.4 Å². The van der Waals surface area contributed by atoms with Gasteiger partial charge >= 0.3 is 0 Å². The maximum absolute atomic E-state index is 12.3. The third-order valence-corrected chi connectivity index (χ3v) is 4.63. The fraction of sp³-hybridized carbons (Fsp3) is 0.857. The van der Waals surface area contributed by atoms with Crippen LogP contribution in [0.25, 0.3) is 0 Å². The molecule has 2 unspecified atom stereocenters. The molecule has 2 aliphatic carbocycles. The van der Waals surface area contributed by atoms with Gasteiger partial charge in [-0.05, 0) is 32.1 Å². The van der Waals surface area contributed by atoms with E-state index in [-0.39, 0.29) is 36.2 Å². The van der Waals surface area contributed by atoms with Gasteiger partial charge in [0.05, 0.1) is 0 Å². The Kier molecular flexibility index (Phi) is 6.27. The predicted molar refractivity (Wildman–Crippen MR) is 80.3 cm³/mol. The third-order valence-electron chi connectivity index (χ3n) is 4.63. The molecule has 0 spiro atoms. The van der Waals surface area contributed by atoms with E-state index in [2.05, 4.69) is 5.32 Å². The van der Waals surface area contributed by atoms with E-state index in [9.17, 15) is 9.59 Å². The second-order valence-corrected chi connectivity index (χ2v) is 6.12. The predicted octanol–water partition coefficient (Wildman–Crippen LogP) is 1.23. The van der Waals surface area contributed by atoms with Crippen LogP contribution in [0, 0.1) is 5.92 Å². The lowest BCUT2D eigenvalue weighted by Crippen LogP contribution is -2.59. The van der Waals surface area contributed by atoms with Gasteiger partial charge in [0.25, 0.3) is 0 Å². The largest absolute Gasteiger partial charge is 0.368 e.